The van der Waals surface area contributed by atoms with Gasteiger partial charge in [-0.1, -0.05) is 0 Å². The van der Waals surface area contributed by atoms with Crippen LogP contribution < -0.4 is 0 Å². The largest absolute Gasteiger partial charge is 0.450 e. The molecule has 0 spiro atoms. The third kappa shape index (κ3) is 3.06. The number of hydrogen-bond acceptors (Lipinski definition) is 4. The van der Waals surface area contributed by atoms with Gasteiger partial charge in [0.2, 0.25) is 0 Å². The first-order valence-corrected chi connectivity index (χ1v) is 6.82. The highest BCUT2D eigenvalue weighted by atomic mass is 79.9. The number of rotatable bonds is 2. The fraction of sp³-hybridized carbons (Fsp3) is 0.545. The Balaban J connectivity index is 1.92. The zero-order chi connectivity index (χ0) is 13.8. The van der Waals surface area contributed by atoms with Crippen LogP contribution in [-0.2, 0) is 4.74 Å². The van der Waals surface area contributed by atoms with E-state index in [4.69, 9.17) is 4.74 Å². The Morgan fingerprint density at radius 1 is 1.37 bits per heavy atom. The summed E-state index contributed by atoms with van der Waals surface area (Å²) in [7, 11) is 0. The van der Waals surface area contributed by atoms with E-state index in [-0.39, 0.29) is 12.0 Å². The first-order chi connectivity index (χ1) is 9.13. The third-order valence-electron chi connectivity index (χ3n) is 2.90. The lowest BCUT2D eigenvalue weighted by Crippen LogP contribution is -2.50. The zero-order valence-corrected chi connectivity index (χ0v) is 12.1. The number of halogens is 1. The van der Waals surface area contributed by atoms with Gasteiger partial charge in [-0.15, -0.1) is 0 Å². The summed E-state index contributed by atoms with van der Waals surface area (Å²) in [5.41, 5.74) is 0.435. The molecule has 2 heterocycles. The molecule has 8 heteroatoms. The fourth-order valence-electron chi connectivity index (χ4n) is 1.89. The molecule has 0 unspecified atom stereocenters. The van der Waals surface area contributed by atoms with Gasteiger partial charge >= 0.3 is 6.09 Å². The van der Waals surface area contributed by atoms with E-state index in [1.165, 1.54) is 0 Å². The maximum Gasteiger partial charge on any atom is 0.409 e. The maximum absolute atomic E-state index is 12.2. The summed E-state index contributed by atoms with van der Waals surface area (Å²) in [5.74, 6) is -0.118. The number of nitrogens with one attached hydrogen (secondary N) is 1. The predicted octanol–water partition coefficient (Wildman–Crippen LogP) is 1.09. The van der Waals surface area contributed by atoms with E-state index in [2.05, 4.69) is 26.1 Å². The summed E-state index contributed by atoms with van der Waals surface area (Å²) in [6.07, 6.45) is 1.22. The van der Waals surface area contributed by atoms with Crippen LogP contribution in [0.1, 0.15) is 17.4 Å². The van der Waals surface area contributed by atoms with Gasteiger partial charge in [-0.3, -0.25) is 9.89 Å². The number of carbonyl (C=O) groups is 2. The second-order valence-corrected chi connectivity index (χ2v) is 4.93. The van der Waals surface area contributed by atoms with Crippen molar-refractivity contribution < 1.29 is 14.3 Å². The highest BCUT2D eigenvalue weighted by Gasteiger charge is 2.27. The van der Waals surface area contributed by atoms with Crippen LogP contribution in [0.15, 0.2) is 10.7 Å². The van der Waals surface area contributed by atoms with Crippen molar-refractivity contribution in [1.29, 1.82) is 0 Å². The van der Waals surface area contributed by atoms with Crippen LogP contribution in [-0.4, -0.2) is 64.8 Å². The highest BCUT2D eigenvalue weighted by Crippen LogP contribution is 2.16. The minimum absolute atomic E-state index is 0.118. The average Bonchev–Trinajstić information content (AvgIpc) is 2.84. The van der Waals surface area contributed by atoms with Crippen molar-refractivity contribution in [3.05, 3.63) is 16.4 Å². The van der Waals surface area contributed by atoms with Crippen LogP contribution in [0.2, 0.25) is 0 Å². The predicted molar refractivity (Wildman–Crippen MR) is 70.8 cm³/mol. The molecule has 1 fully saturated rings. The van der Waals surface area contributed by atoms with Crippen LogP contribution in [0.5, 0.6) is 0 Å². The van der Waals surface area contributed by atoms with Gasteiger partial charge < -0.3 is 14.5 Å². The maximum atomic E-state index is 12.2. The summed E-state index contributed by atoms with van der Waals surface area (Å²) in [5, 5.41) is 6.46. The molecular formula is C11H15BrN4O3. The quantitative estimate of drug-likeness (QED) is 0.880. The molecule has 19 heavy (non-hydrogen) atoms. The van der Waals surface area contributed by atoms with Gasteiger partial charge in [0.25, 0.3) is 5.91 Å². The van der Waals surface area contributed by atoms with Gasteiger partial charge in [0.15, 0.2) is 0 Å². The van der Waals surface area contributed by atoms with Crippen LogP contribution in [0, 0.1) is 0 Å². The molecule has 1 aliphatic rings. The number of ether oxygens (including phenoxy) is 1. The van der Waals surface area contributed by atoms with Crippen molar-refractivity contribution >= 4 is 27.9 Å². The van der Waals surface area contributed by atoms with Gasteiger partial charge in [0.05, 0.1) is 17.3 Å². The molecule has 1 aromatic heterocycles. The molecular weight excluding hydrogens is 316 g/mol. The van der Waals surface area contributed by atoms with E-state index in [0.29, 0.717) is 43.0 Å². The Bertz CT molecular complexity index is 468. The van der Waals surface area contributed by atoms with E-state index < -0.39 is 0 Å². The standard InChI is InChI=1S/C11H15BrN4O3/c1-2-19-11(18)16-5-3-15(4-6-16)10(17)9-8(12)7-13-14-9/h7H,2-6H2,1H3,(H,13,14). The molecule has 104 valence electrons. The number of aromatic amines is 1. The van der Waals surface area contributed by atoms with Crippen LogP contribution >= 0.6 is 15.9 Å². The molecule has 0 atom stereocenters. The van der Waals surface area contributed by atoms with Gasteiger partial charge in [-0.25, -0.2) is 4.79 Å². The number of carbonyl (C=O) groups excluding carboxylic acids is 2. The molecule has 0 radical (unpaired) electrons. The number of H-pyrrole nitrogens is 1. The number of nitrogens with zero attached hydrogens (tertiary/aromatic N) is 3. The van der Waals surface area contributed by atoms with Crippen LogP contribution in [0.4, 0.5) is 4.79 Å². The van der Waals surface area contributed by atoms with E-state index in [9.17, 15) is 9.59 Å². The Labute approximate surface area is 119 Å². The first kappa shape index (κ1) is 13.9. The third-order valence-corrected chi connectivity index (χ3v) is 3.50. The summed E-state index contributed by atoms with van der Waals surface area (Å²) in [4.78, 5) is 27.0. The number of amides is 2. The molecule has 1 saturated heterocycles. The number of aromatic nitrogens is 2. The molecule has 1 aromatic rings. The lowest BCUT2D eigenvalue weighted by atomic mass is 10.3. The van der Waals surface area contributed by atoms with Crippen molar-refractivity contribution in [2.24, 2.45) is 0 Å². The summed E-state index contributed by atoms with van der Waals surface area (Å²) >= 11 is 3.26. The smallest absolute Gasteiger partial charge is 0.409 e. The van der Waals surface area contributed by atoms with Crippen LogP contribution in [0.25, 0.3) is 0 Å². The molecule has 0 bridgehead atoms. The lowest BCUT2D eigenvalue weighted by molar-refractivity contribution is 0.0565. The Morgan fingerprint density at radius 3 is 2.53 bits per heavy atom. The van der Waals surface area contributed by atoms with Crippen molar-refractivity contribution in [2.45, 2.75) is 6.92 Å². The first-order valence-electron chi connectivity index (χ1n) is 6.03. The summed E-state index contributed by atoms with van der Waals surface area (Å²) in [6.45, 7) is 4.07. The molecule has 7 nitrogen and oxygen atoms in total. The molecule has 0 aromatic carbocycles. The van der Waals surface area contributed by atoms with E-state index >= 15 is 0 Å². The fourth-order valence-corrected chi connectivity index (χ4v) is 2.25. The minimum atomic E-state index is -0.322. The molecule has 2 rings (SSSR count). The highest BCUT2D eigenvalue weighted by molar-refractivity contribution is 9.10. The lowest BCUT2D eigenvalue weighted by Gasteiger charge is -2.33. The van der Waals surface area contributed by atoms with Gasteiger partial charge in [0, 0.05) is 26.2 Å². The number of piperazine rings is 1. The van der Waals surface area contributed by atoms with Crippen molar-refractivity contribution in [2.75, 3.05) is 32.8 Å². The van der Waals surface area contributed by atoms with Crippen molar-refractivity contribution in [1.82, 2.24) is 20.0 Å². The molecule has 1 aliphatic heterocycles. The van der Waals surface area contributed by atoms with Crippen molar-refractivity contribution in [3.63, 3.8) is 0 Å². The Kier molecular flexibility index (Phi) is 4.41. The normalized spacial score (nSPS) is 15.5. The second-order valence-electron chi connectivity index (χ2n) is 4.07. The van der Waals surface area contributed by atoms with E-state index in [1.54, 1.807) is 22.9 Å². The summed E-state index contributed by atoms with van der Waals surface area (Å²) in [6, 6.07) is 0. The topological polar surface area (TPSA) is 78.5 Å². The molecule has 1 N–H and O–H groups in total. The zero-order valence-electron chi connectivity index (χ0n) is 10.6. The van der Waals surface area contributed by atoms with Gasteiger partial charge in [-0.05, 0) is 22.9 Å². The van der Waals surface area contributed by atoms with Gasteiger partial charge in [0.1, 0.15) is 5.69 Å². The van der Waals surface area contributed by atoms with Crippen LogP contribution in [0.3, 0.4) is 0 Å². The van der Waals surface area contributed by atoms with E-state index in [1.807, 2.05) is 0 Å². The van der Waals surface area contributed by atoms with Gasteiger partial charge in [-0.2, -0.15) is 5.10 Å². The van der Waals surface area contributed by atoms with E-state index in [0.717, 1.165) is 0 Å². The molecule has 2 amide bonds. The summed E-state index contributed by atoms with van der Waals surface area (Å²) < 4.78 is 5.57. The van der Waals surface area contributed by atoms with Crippen molar-refractivity contribution in [3.8, 4) is 0 Å². The molecule has 0 aliphatic carbocycles. The molecule has 0 saturated carbocycles. The Hall–Kier alpha value is -1.57. The SMILES string of the molecule is CCOC(=O)N1CCN(C(=O)c2[nH]ncc2Br)CC1. The number of hydrogen-bond donors (Lipinski definition) is 1. The second kappa shape index (κ2) is 6.05. The average molecular weight is 331 g/mol. The Morgan fingerprint density at radius 2 is 2.00 bits per heavy atom. The minimum Gasteiger partial charge on any atom is -0.450 e. The monoisotopic (exact) mass is 330 g/mol.